The van der Waals surface area contributed by atoms with Crippen LogP contribution in [0.15, 0.2) is 36.7 Å². The Labute approximate surface area is 157 Å². The molecule has 3 aromatic rings. The fourth-order valence-electron chi connectivity index (χ4n) is 2.62. The first-order chi connectivity index (χ1) is 13.3. The first-order valence-corrected chi connectivity index (χ1v) is 8.53. The van der Waals surface area contributed by atoms with Crippen LogP contribution in [-0.2, 0) is 4.74 Å². The molecule has 142 valence electrons. The van der Waals surface area contributed by atoms with Crippen LogP contribution < -0.4 is 14.8 Å². The minimum atomic E-state index is -0.00140. The Bertz CT molecular complexity index is 890. The van der Waals surface area contributed by atoms with Gasteiger partial charge in [0.2, 0.25) is 0 Å². The molecule has 0 aliphatic rings. The molecule has 0 bridgehead atoms. The maximum atomic E-state index is 8.80. The van der Waals surface area contributed by atoms with Gasteiger partial charge in [0.1, 0.15) is 5.82 Å². The monoisotopic (exact) mass is 370 g/mol. The number of hydrogen-bond acceptors (Lipinski definition) is 8. The van der Waals surface area contributed by atoms with Crippen molar-refractivity contribution in [3.63, 3.8) is 0 Å². The van der Waals surface area contributed by atoms with Crippen LogP contribution in [0.1, 0.15) is 0 Å². The Balaban J connectivity index is 2.02. The largest absolute Gasteiger partial charge is 0.493 e. The Hall–Kier alpha value is -2.97. The third-order valence-corrected chi connectivity index (χ3v) is 3.90. The van der Waals surface area contributed by atoms with Crippen molar-refractivity contribution < 1.29 is 19.3 Å². The summed E-state index contributed by atoms with van der Waals surface area (Å²) < 4.78 is 16.1. The molecule has 3 rings (SSSR count). The zero-order chi connectivity index (χ0) is 19.1. The van der Waals surface area contributed by atoms with E-state index in [0.29, 0.717) is 42.9 Å². The van der Waals surface area contributed by atoms with Gasteiger partial charge >= 0.3 is 0 Å². The molecule has 2 N–H and O–H groups in total. The van der Waals surface area contributed by atoms with Crippen molar-refractivity contribution in [3.05, 3.63) is 36.7 Å². The molecule has 8 heteroatoms. The van der Waals surface area contributed by atoms with E-state index in [0.717, 1.165) is 16.5 Å². The molecule has 0 saturated heterocycles. The number of pyridine rings is 1. The van der Waals surface area contributed by atoms with Crippen molar-refractivity contribution in [2.75, 3.05) is 45.9 Å². The summed E-state index contributed by atoms with van der Waals surface area (Å²) in [6, 6.07) is 7.41. The molecule has 27 heavy (non-hydrogen) atoms. The minimum Gasteiger partial charge on any atom is -0.493 e. The molecular formula is C19H22N4O4. The van der Waals surface area contributed by atoms with Crippen LogP contribution in [0.5, 0.6) is 11.5 Å². The summed E-state index contributed by atoms with van der Waals surface area (Å²) in [5.41, 5.74) is 1.54. The van der Waals surface area contributed by atoms with Gasteiger partial charge in [-0.2, -0.15) is 0 Å². The van der Waals surface area contributed by atoms with Gasteiger partial charge in [0, 0.05) is 36.0 Å². The number of nitrogens with zero attached hydrogens (tertiary/aromatic N) is 3. The molecule has 8 nitrogen and oxygen atoms in total. The van der Waals surface area contributed by atoms with Gasteiger partial charge in [-0.25, -0.2) is 9.97 Å². The summed E-state index contributed by atoms with van der Waals surface area (Å²) in [6.07, 6.45) is 3.42. The van der Waals surface area contributed by atoms with E-state index in [1.54, 1.807) is 26.6 Å². The van der Waals surface area contributed by atoms with Crippen LogP contribution >= 0.6 is 0 Å². The molecule has 2 aromatic heterocycles. The van der Waals surface area contributed by atoms with Gasteiger partial charge in [0.05, 0.1) is 39.6 Å². The van der Waals surface area contributed by atoms with Crippen molar-refractivity contribution in [1.82, 2.24) is 15.0 Å². The van der Waals surface area contributed by atoms with E-state index in [1.165, 1.54) is 0 Å². The third-order valence-electron chi connectivity index (χ3n) is 3.90. The summed E-state index contributed by atoms with van der Waals surface area (Å²) in [7, 11) is 3.18. The topological polar surface area (TPSA) is 98.6 Å². The second-order valence-corrected chi connectivity index (χ2v) is 5.62. The van der Waals surface area contributed by atoms with Crippen molar-refractivity contribution in [1.29, 1.82) is 0 Å². The van der Waals surface area contributed by atoms with Crippen LogP contribution in [0, 0.1) is 0 Å². The number of anilines is 1. The summed E-state index contributed by atoms with van der Waals surface area (Å²) in [6.45, 7) is 1.28. The number of methoxy groups -OCH3 is 2. The predicted octanol–water partition coefficient (Wildman–Crippen LogP) is 2.13. The van der Waals surface area contributed by atoms with E-state index >= 15 is 0 Å². The van der Waals surface area contributed by atoms with Gasteiger partial charge in [0.25, 0.3) is 0 Å². The Morgan fingerprint density at radius 1 is 1.07 bits per heavy atom. The number of fused-ring (bicyclic) bond motifs is 1. The molecule has 0 spiro atoms. The maximum Gasteiger partial charge on any atom is 0.163 e. The Morgan fingerprint density at radius 2 is 1.89 bits per heavy atom. The Morgan fingerprint density at radius 3 is 2.59 bits per heavy atom. The van der Waals surface area contributed by atoms with Crippen LogP contribution in [0.3, 0.4) is 0 Å². The van der Waals surface area contributed by atoms with Gasteiger partial charge in [0.15, 0.2) is 17.3 Å². The van der Waals surface area contributed by atoms with E-state index in [9.17, 15) is 0 Å². The van der Waals surface area contributed by atoms with Gasteiger partial charge in [-0.05, 0) is 18.2 Å². The first-order valence-electron chi connectivity index (χ1n) is 8.53. The van der Waals surface area contributed by atoms with Crippen LogP contribution in [0.4, 0.5) is 5.82 Å². The Kier molecular flexibility index (Phi) is 6.35. The van der Waals surface area contributed by atoms with Gasteiger partial charge in [-0.1, -0.05) is 0 Å². The highest BCUT2D eigenvalue weighted by Crippen LogP contribution is 2.35. The lowest BCUT2D eigenvalue weighted by Gasteiger charge is -2.14. The average Bonchev–Trinajstić information content (AvgIpc) is 2.72. The van der Waals surface area contributed by atoms with Gasteiger partial charge < -0.3 is 24.6 Å². The molecule has 0 saturated carbocycles. The number of benzene rings is 1. The summed E-state index contributed by atoms with van der Waals surface area (Å²) in [5.74, 6) is 2.41. The van der Waals surface area contributed by atoms with Gasteiger partial charge in [-0.15, -0.1) is 0 Å². The SMILES string of the molecule is COc1cc2nc(-c3cccnc3)nc(NCCOCCO)c2cc1OC. The fraction of sp³-hybridized carbons (Fsp3) is 0.316. The van der Waals surface area contributed by atoms with Crippen LogP contribution in [0.2, 0.25) is 0 Å². The number of nitrogens with one attached hydrogen (secondary N) is 1. The summed E-state index contributed by atoms with van der Waals surface area (Å²) in [5, 5.41) is 12.9. The molecule has 0 aliphatic carbocycles. The quantitative estimate of drug-likeness (QED) is 0.553. The van der Waals surface area contributed by atoms with Crippen LogP contribution in [-0.4, -0.2) is 60.6 Å². The molecule has 1 aromatic carbocycles. The lowest BCUT2D eigenvalue weighted by Crippen LogP contribution is -2.13. The standard InChI is InChI=1S/C19H22N4O4/c1-25-16-10-14-15(11-17(16)26-2)22-18(13-4-3-5-20-12-13)23-19(14)21-6-8-27-9-7-24/h3-5,10-12,24H,6-9H2,1-2H3,(H,21,22,23). The molecule has 0 fully saturated rings. The zero-order valence-electron chi connectivity index (χ0n) is 15.3. The van der Waals surface area contributed by atoms with Crippen molar-refractivity contribution in [3.8, 4) is 22.9 Å². The number of hydrogen-bond donors (Lipinski definition) is 2. The molecule has 0 atom stereocenters. The zero-order valence-corrected chi connectivity index (χ0v) is 15.3. The number of ether oxygens (including phenoxy) is 3. The second-order valence-electron chi connectivity index (χ2n) is 5.62. The van der Waals surface area contributed by atoms with Crippen LogP contribution in [0.25, 0.3) is 22.3 Å². The number of aliphatic hydroxyl groups excluding tert-OH is 1. The van der Waals surface area contributed by atoms with E-state index in [4.69, 9.17) is 19.3 Å². The maximum absolute atomic E-state index is 8.80. The normalized spacial score (nSPS) is 10.8. The number of aromatic nitrogens is 3. The lowest BCUT2D eigenvalue weighted by atomic mass is 10.2. The highest BCUT2D eigenvalue weighted by atomic mass is 16.5. The highest BCUT2D eigenvalue weighted by molar-refractivity contribution is 5.93. The fourth-order valence-corrected chi connectivity index (χ4v) is 2.62. The highest BCUT2D eigenvalue weighted by Gasteiger charge is 2.14. The van der Waals surface area contributed by atoms with Crippen molar-refractivity contribution in [2.24, 2.45) is 0 Å². The molecule has 0 unspecified atom stereocenters. The average molecular weight is 370 g/mol. The predicted molar refractivity (Wildman–Crippen MR) is 102 cm³/mol. The number of aliphatic hydroxyl groups is 1. The second kappa shape index (κ2) is 9.11. The number of rotatable bonds is 9. The van der Waals surface area contributed by atoms with Crippen molar-refractivity contribution in [2.45, 2.75) is 0 Å². The van der Waals surface area contributed by atoms with Gasteiger partial charge in [-0.3, -0.25) is 4.98 Å². The summed E-state index contributed by atoms with van der Waals surface area (Å²) in [4.78, 5) is 13.5. The van der Waals surface area contributed by atoms with Crippen molar-refractivity contribution >= 4 is 16.7 Å². The molecule has 0 amide bonds. The molecule has 0 aliphatic heterocycles. The lowest BCUT2D eigenvalue weighted by molar-refractivity contribution is 0.0992. The van der Waals surface area contributed by atoms with E-state index in [1.807, 2.05) is 24.3 Å². The van der Waals surface area contributed by atoms with E-state index < -0.39 is 0 Å². The van der Waals surface area contributed by atoms with E-state index in [2.05, 4.69) is 20.3 Å². The first kappa shape index (κ1) is 18.8. The summed E-state index contributed by atoms with van der Waals surface area (Å²) >= 11 is 0. The third kappa shape index (κ3) is 4.42. The molecule has 2 heterocycles. The molecular weight excluding hydrogens is 348 g/mol. The van der Waals surface area contributed by atoms with E-state index in [-0.39, 0.29) is 6.61 Å². The minimum absolute atomic E-state index is 0.00140. The smallest absolute Gasteiger partial charge is 0.163 e. The molecule has 0 radical (unpaired) electrons.